The lowest BCUT2D eigenvalue weighted by Crippen LogP contribution is -2.35. The summed E-state index contributed by atoms with van der Waals surface area (Å²) in [6.07, 6.45) is 2.95. The number of aliphatic hydroxyl groups is 1. The molecule has 9 nitrogen and oxygen atoms in total. The van der Waals surface area contributed by atoms with Crippen LogP contribution in [0.1, 0.15) is 49.6 Å². The summed E-state index contributed by atoms with van der Waals surface area (Å²) in [5.41, 5.74) is 3.97. The van der Waals surface area contributed by atoms with Crippen molar-refractivity contribution in [1.82, 2.24) is 9.78 Å². The van der Waals surface area contributed by atoms with Crippen LogP contribution in [0.2, 0.25) is 0 Å². The third-order valence-electron chi connectivity index (χ3n) is 6.72. The van der Waals surface area contributed by atoms with E-state index in [1.807, 2.05) is 12.1 Å². The van der Waals surface area contributed by atoms with Crippen LogP contribution in [0, 0.1) is 0 Å². The number of benzene rings is 3. The normalized spacial score (nSPS) is 13.6. The van der Waals surface area contributed by atoms with Crippen molar-refractivity contribution in [3.8, 4) is 0 Å². The number of hydrogen-bond acceptors (Lipinski definition) is 6. The number of nitrogens with one attached hydrogen (secondary N) is 2. The van der Waals surface area contributed by atoms with Crippen LogP contribution in [-0.4, -0.2) is 51.7 Å². The highest BCUT2D eigenvalue weighted by molar-refractivity contribution is 6.10. The van der Waals surface area contributed by atoms with Crippen molar-refractivity contribution in [2.75, 3.05) is 28.6 Å². The summed E-state index contributed by atoms with van der Waals surface area (Å²) >= 11 is 0. The number of hydrogen-bond donors (Lipinski definition) is 3. The molecular formula is C30H29N5O4. The molecule has 0 bridgehead atoms. The smallest absolute Gasteiger partial charge is 0.276 e. The van der Waals surface area contributed by atoms with Crippen LogP contribution in [-0.2, 0) is 7.05 Å². The van der Waals surface area contributed by atoms with Crippen molar-refractivity contribution in [2.45, 2.75) is 18.9 Å². The van der Waals surface area contributed by atoms with Crippen molar-refractivity contribution in [3.05, 3.63) is 107 Å². The number of ketones is 1. The van der Waals surface area contributed by atoms with E-state index in [2.05, 4.69) is 20.6 Å². The van der Waals surface area contributed by atoms with Gasteiger partial charge in [-0.25, -0.2) is 0 Å². The Balaban J connectivity index is 1.16. The molecule has 39 heavy (non-hydrogen) atoms. The summed E-state index contributed by atoms with van der Waals surface area (Å²) in [7, 11) is 1.74. The number of piperidine rings is 1. The summed E-state index contributed by atoms with van der Waals surface area (Å²) in [5.74, 6) is -0.736. The van der Waals surface area contributed by atoms with Gasteiger partial charge in [-0.2, -0.15) is 5.10 Å². The second kappa shape index (κ2) is 11.3. The Morgan fingerprint density at radius 3 is 1.77 bits per heavy atom. The topological polar surface area (TPSA) is 117 Å². The van der Waals surface area contributed by atoms with Gasteiger partial charge in [0.05, 0.1) is 6.10 Å². The zero-order valence-corrected chi connectivity index (χ0v) is 21.5. The summed E-state index contributed by atoms with van der Waals surface area (Å²) in [6.45, 7) is 1.59. The number of aliphatic hydroxyl groups excluding tert-OH is 1. The first-order valence-electron chi connectivity index (χ1n) is 12.8. The molecule has 3 N–H and O–H groups in total. The first kappa shape index (κ1) is 25.9. The molecule has 0 saturated carbocycles. The maximum Gasteiger partial charge on any atom is 0.276 e. The van der Waals surface area contributed by atoms with E-state index in [-0.39, 0.29) is 23.7 Å². The van der Waals surface area contributed by atoms with E-state index in [1.54, 1.807) is 84.7 Å². The van der Waals surface area contributed by atoms with Crippen molar-refractivity contribution in [1.29, 1.82) is 0 Å². The van der Waals surface area contributed by atoms with Gasteiger partial charge in [0, 0.05) is 60.1 Å². The van der Waals surface area contributed by atoms with Crippen LogP contribution in [0.4, 0.5) is 17.1 Å². The molecule has 3 aromatic carbocycles. The number of aromatic nitrogens is 2. The Morgan fingerprint density at radius 1 is 0.744 bits per heavy atom. The van der Waals surface area contributed by atoms with Gasteiger partial charge in [-0.05, 0) is 91.7 Å². The van der Waals surface area contributed by atoms with E-state index in [0.717, 1.165) is 31.6 Å². The highest BCUT2D eigenvalue weighted by Gasteiger charge is 2.18. The quantitative estimate of drug-likeness (QED) is 0.314. The molecule has 2 heterocycles. The van der Waals surface area contributed by atoms with Crippen LogP contribution >= 0.6 is 0 Å². The molecule has 2 amide bonds. The van der Waals surface area contributed by atoms with Gasteiger partial charge in [-0.1, -0.05) is 0 Å². The van der Waals surface area contributed by atoms with Crippen molar-refractivity contribution in [3.63, 3.8) is 0 Å². The second-order valence-electron chi connectivity index (χ2n) is 9.53. The first-order chi connectivity index (χ1) is 18.9. The summed E-state index contributed by atoms with van der Waals surface area (Å²) in [5, 5.41) is 19.4. The Bertz CT molecular complexity index is 1470. The molecule has 4 aromatic rings. The molecule has 9 heteroatoms. The van der Waals surface area contributed by atoms with Gasteiger partial charge in [-0.15, -0.1) is 0 Å². The van der Waals surface area contributed by atoms with Gasteiger partial charge in [0.2, 0.25) is 0 Å². The van der Waals surface area contributed by atoms with E-state index >= 15 is 0 Å². The van der Waals surface area contributed by atoms with Crippen molar-refractivity contribution >= 4 is 34.7 Å². The molecule has 1 fully saturated rings. The fraction of sp³-hybridized carbons (Fsp3) is 0.200. The number of rotatable bonds is 7. The molecular weight excluding hydrogens is 494 g/mol. The molecule has 0 radical (unpaired) electrons. The minimum absolute atomic E-state index is 0.170. The van der Waals surface area contributed by atoms with Gasteiger partial charge in [-0.3, -0.25) is 19.1 Å². The van der Waals surface area contributed by atoms with Crippen LogP contribution < -0.4 is 15.5 Å². The number of anilines is 3. The van der Waals surface area contributed by atoms with E-state index < -0.39 is 0 Å². The van der Waals surface area contributed by atoms with Gasteiger partial charge >= 0.3 is 0 Å². The molecule has 0 unspecified atom stereocenters. The highest BCUT2D eigenvalue weighted by Crippen LogP contribution is 2.22. The van der Waals surface area contributed by atoms with Crippen LogP contribution in [0.5, 0.6) is 0 Å². The van der Waals surface area contributed by atoms with E-state index in [1.165, 1.54) is 0 Å². The number of carbonyl (C=O) groups excluding carboxylic acids is 3. The van der Waals surface area contributed by atoms with Gasteiger partial charge in [0.1, 0.15) is 0 Å². The molecule has 0 atom stereocenters. The molecule has 5 rings (SSSR count). The molecule has 198 valence electrons. The van der Waals surface area contributed by atoms with Gasteiger partial charge in [0.15, 0.2) is 11.5 Å². The third kappa shape index (κ3) is 6.22. The minimum Gasteiger partial charge on any atom is -0.393 e. The van der Waals surface area contributed by atoms with Crippen molar-refractivity contribution < 1.29 is 19.5 Å². The van der Waals surface area contributed by atoms with Crippen LogP contribution in [0.15, 0.2) is 85.1 Å². The van der Waals surface area contributed by atoms with Gasteiger partial charge < -0.3 is 20.6 Å². The number of nitrogens with zero attached hydrogens (tertiary/aromatic N) is 3. The first-order valence-corrected chi connectivity index (χ1v) is 12.8. The Morgan fingerprint density at radius 2 is 1.26 bits per heavy atom. The van der Waals surface area contributed by atoms with Crippen LogP contribution in [0.25, 0.3) is 0 Å². The largest absolute Gasteiger partial charge is 0.393 e. The molecule has 1 aliphatic heterocycles. The number of carbonyl (C=O) groups is 3. The zero-order chi connectivity index (χ0) is 27.4. The second-order valence-corrected chi connectivity index (χ2v) is 9.53. The Labute approximate surface area is 226 Å². The maximum absolute atomic E-state index is 12.9. The minimum atomic E-state index is -0.328. The number of amides is 2. The van der Waals surface area contributed by atoms with Gasteiger partial charge in [0.25, 0.3) is 11.8 Å². The predicted molar refractivity (Wildman–Crippen MR) is 149 cm³/mol. The molecule has 1 aliphatic rings. The summed E-state index contributed by atoms with van der Waals surface area (Å²) in [6, 6.07) is 22.4. The maximum atomic E-state index is 12.9. The zero-order valence-electron chi connectivity index (χ0n) is 21.5. The molecule has 1 aromatic heterocycles. The average Bonchev–Trinajstić information content (AvgIpc) is 3.40. The SMILES string of the molecule is Cn1ccc(C(=O)Nc2ccc(C(=O)c3ccc(NC(=O)c4ccc(N5CCC(O)CC5)cc4)cc3)cc2)n1. The fourth-order valence-electron chi connectivity index (χ4n) is 4.46. The van der Waals surface area contributed by atoms with Crippen LogP contribution in [0.3, 0.4) is 0 Å². The fourth-order valence-corrected chi connectivity index (χ4v) is 4.46. The lowest BCUT2D eigenvalue weighted by molar-refractivity contribution is 0.101. The number of aryl methyl sites for hydroxylation is 1. The highest BCUT2D eigenvalue weighted by atomic mass is 16.3. The molecule has 0 spiro atoms. The molecule has 1 saturated heterocycles. The average molecular weight is 524 g/mol. The summed E-state index contributed by atoms with van der Waals surface area (Å²) < 4.78 is 1.55. The lowest BCUT2D eigenvalue weighted by Gasteiger charge is -2.31. The van der Waals surface area contributed by atoms with E-state index in [9.17, 15) is 19.5 Å². The third-order valence-corrected chi connectivity index (χ3v) is 6.72. The van der Waals surface area contributed by atoms with Crippen molar-refractivity contribution in [2.24, 2.45) is 7.05 Å². The Hall–Kier alpha value is -4.76. The van der Waals surface area contributed by atoms with E-state index in [4.69, 9.17) is 0 Å². The Kier molecular flexibility index (Phi) is 7.51. The molecule has 0 aliphatic carbocycles. The standard InChI is InChI=1S/C30H29N5O4/c1-34-17-16-27(33-34)30(39)32-24-10-4-21(5-11-24)28(37)20-2-8-23(9-3-20)31-29(38)22-6-12-25(13-7-22)35-18-14-26(36)15-19-35/h2-13,16-17,26,36H,14-15,18-19H2,1H3,(H,31,38)(H,32,39). The summed E-state index contributed by atoms with van der Waals surface area (Å²) in [4.78, 5) is 40.1. The predicted octanol–water partition coefficient (Wildman–Crippen LogP) is 4.12. The lowest BCUT2D eigenvalue weighted by atomic mass is 10.0. The van der Waals surface area contributed by atoms with E-state index in [0.29, 0.717) is 33.8 Å². The monoisotopic (exact) mass is 523 g/mol.